The highest BCUT2D eigenvalue weighted by Crippen LogP contribution is 2.10. The van der Waals surface area contributed by atoms with Gasteiger partial charge in [0.15, 0.2) is 0 Å². The van der Waals surface area contributed by atoms with E-state index in [1.807, 2.05) is 0 Å². The van der Waals surface area contributed by atoms with Gasteiger partial charge >= 0.3 is 0 Å². The Hall–Kier alpha value is -2.22. The van der Waals surface area contributed by atoms with Crippen LogP contribution < -0.4 is 10.6 Å². The highest BCUT2D eigenvalue weighted by Gasteiger charge is 2.11. The minimum Gasteiger partial charge on any atom is -0.392 e. The predicted octanol–water partition coefficient (Wildman–Crippen LogP) is -0.544. The normalized spacial score (nSPS) is 12.4. The number of hydrogen-bond donors (Lipinski definition) is 2. The largest absolute Gasteiger partial charge is 0.392 e. The molecule has 0 fully saturated rings. The minimum atomic E-state index is -0.482. The van der Waals surface area contributed by atoms with E-state index in [0.717, 1.165) is 0 Å². The van der Waals surface area contributed by atoms with Crippen LogP contribution in [0.3, 0.4) is 0 Å². The van der Waals surface area contributed by atoms with Crippen LogP contribution in [0, 0.1) is 0 Å². The fraction of sp³-hybridized carbons (Fsp3) is 0.400. The summed E-state index contributed by atoms with van der Waals surface area (Å²) >= 11 is 0. The first kappa shape index (κ1) is 12.2. The number of nitrogen functional groups attached to an aromatic ring is 1. The lowest BCUT2D eigenvalue weighted by Crippen LogP contribution is -2.29. The Kier molecular flexibility index (Phi) is 3.38. The second kappa shape index (κ2) is 4.96. The first-order valence-electron chi connectivity index (χ1n) is 5.45. The standard InChI is InChI=1S/C10H15N7O/c1-7(18)5-16(2)9-13-8(11)14-10(15-9)17-4-3-12-6-17/h3-4,6-7,18H,5H2,1-2H3,(H2,11,13,14,15). The van der Waals surface area contributed by atoms with E-state index in [0.29, 0.717) is 18.4 Å². The molecule has 2 aromatic rings. The van der Waals surface area contributed by atoms with Gasteiger partial charge in [-0.05, 0) is 6.92 Å². The zero-order valence-electron chi connectivity index (χ0n) is 10.2. The first-order valence-corrected chi connectivity index (χ1v) is 5.45. The van der Waals surface area contributed by atoms with Crippen molar-refractivity contribution < 1.29 is 5.11 Å². The molecule has 8 nitrogen and oxygen atoms in total. The molecule has 0 saturated carbocycles. The Labute approximate surface area is 104 Å². The number of nitrogens with zero attached hydrogens (tertiary/aromatic N) is 6. The van der Waals surface area contributed by atoms with Crippen molar-refractivity contribution in [3.63, 3.8) is 0 Å². The monoisotopic (exact) mass is 249 g/mol. The van der Waals surface area contributed by atoms with Crippen LogP contribution in [0.5, 0.6) is 0 Å². The zero-order chi connectivity index (χ0) is 13.1. The Morgan fingerprint density at radius 1 is 1.44 bits per heavy atom. The van der Waals surface area contributed by atoms with Crippen molar-refractivity contribution in [3.05, 3.63) is 18.7 Å². The number of hydrogen-bond acceptors (Lipinski definition) is 7. The van der Waals surface area contributed by atoms with Crippen molar-refractivity contribution in [3.8, 4) is 5.95 Å². The number of imidazole rings is 1. The molecular weight excluding hydrogens is 234 g/mol. The molecule has 0 aliphatic heterocycles. The Bertz CT molecular complexity index is 511. The molecule has 2 aromatic heterocycles. The highest BCUT2D eigenvalue weighted by molar-refractivity contribution is 5.37. The van der Waals surface area contributed by atoms with E-state index >= 15 is 0 Å². The van der Waals surface area contributed by atoms with E-state index in [-0.39, 0.29) is 5.95 Å². The van der Waals surface area contributed by atoms with Crippen LogP contribution in [-0.2, 0) is 0 Å². The molecule has 1 unspecified atom stereocenters. The Morgan fingerprint density at radius 2 is 2.22 bits per heavy atom. The lowest BCUT2D eigenvalue weighted by atomic mass is 10.4. The molecule has 3 N–H and O–H groups in total. The van der Waals surface area contributed by atoms with Gasteiger partial charge < -0.3 is 15.7 Å². The van der Waals surface area contributed by atoms with Gasteiger partial charge in [0, 0.05) is 26.0 Å². The molecule has 0 bridgehead atoms. The zero-order valence-corrected chi connectivity index (χ0v) is 10.2. The lowest BCUT2D eigenvalue weighted by Gasteiger charge is -2.19. The summed E-state index contributed by atoms with van der Waals surface area (Å²) in [5, 5.41) is 9.35. The molecule has 0 amide bonds. The van der Waals surface area contributed by atoms with Gasteiger partial charge in [0.1, 0.15) is 6.33 Å². The number of aliphatic hydroxyl groups excluding tert-OH is 1. The van der Waals surface area contributed by atoms with Crippen LogP contribution in [0.25, 0.3) is 5.95 Å². The smallest absolute Gasteiger partial charge is 0.241 e. The van der Waals surface area contributed by atoms with Crippen LogP contribution in [0.15, 0.2) is 18.7 Å². The molecule has 1 atom stereocenters. The maximum atomic E-state index is 9.35. The summed E-state index contributed by atoms with van der Waals surface area (Å²) in [5.41, 5.74) is 5.65. The van der Waals surface area contributed by atoms with E-state index in [2.05, 4.69) is 19.9 Å². The van der Waals surface area contributed by atoms with Crippen LogP contribution in [-0.4, -0.2) is 49.3 Å². The number of nitrogens with two attached hydrogens (primary N) is 1. The van der Waals surface area contributed by atoms with E-state index in [1.165, 1.54) is 0 Å². The summed E-state index contributed by atoms with van der Waals surface area (Å²) in [4.78, 5) is 18.0. The average Bonchev–Trinajstić information content (AvgIpc) is 2.80. The molecular formula is C10H15N7O. The average molecular weight is 249 g/mol. The van der Waals surface area contributed by atoms with E-state index in [9.17, 15) is 5.11 Å². The second-order valence-corrected chi connectivity index (χ2v) is 3.99. The summed E-state index contributed by atoms with van der Waals surface area (Å²) in [6.45, 7) is 2.10. The molecule has 0 aliphatic rings. The maximum Gasteiger partial charge on any atom is 0.241 e. The van der Waals surface area contributed by atoms with Crippen LogP contribution in [0.1, 0.15) is 6.92 Å². The fourth-order valence-electron chi connectivity index (χ4n) is 1.51. The van der Waals surface area contributed by atoms with Crippen molar-refractivity contribution >= 4 is 11.9 Å². The molecule has 0 aliphatic carbocycles. The quantitative estimate of drug-likeness (QED) is 0.749. The topological polar surface area (TPSA) is 106 Å². The van der Waals surface area contributed by atoms with Gasteiger partial charge in [0.2, 0.25) is 17.8 Å². The fourth-order valence-corrected chi connectivity index (χ4v) is 1.51. The maximum absolute atomic E-state index is 9.35. The Morgan fingerprint density at radius 3 is 2.83 bits per heavy atom. The van der Waals surface area contributed by atoms with Crippen LogP contribution in [0.4, 0.5) is 11.9 Å². The minimum absolute atomic E-state index is 0.126. The van der Waals surface area contributed by atoms with Gasteiger partial charge in [0.25, 0.3) is 0 Å². The molecule has 0 radical (unpaired) electrons. The van der Waals surface area contributed by atoms with E-state index in [4.69, 9.17) is 5.73 Å². The molecule has 2 rings (SSSR count). The number of aliphatic hydroxyl groups is 1. The SMILES string of the molecule is CC(O)CN(C)c1nc(N)nc(-n2ccnc2)n1. The van der Waals surface area contributed by atoms with Crippen molar-refractivity contribution in [2.45, 2.75) is 13.0 Å². The van der Waals surface area contributed by atoms with Gasteiger partial charge in [-0.25, -0.2) is 4.98 Å². The highest BCUT2D eigenvalue weighted by atomic mass is 16.3. The van der Waals surface area contributed by atoms with Crippen molar-refractivity contribution in [2.24, 2.45) is 0 Å². The number of likely N-dealkylation sites (N-methyl/N-ethyl adjacent to an activating group) is 1. The molecule has 8 heteroatoms. The third kappa shape index (κ3) is 2.72. The third-order valence-electron chi connectivity index (χ3n) is 2.24. The molecule has 96 valence electrons. The summed E-state index contributed by atoms with van der Waals surface area (Å²) < 4.78 is 1.64. The summed E-state index contributed by atoms with van der Waals surface area (Å²) in [6, 6.07) is 0. The third-order valence-corrected chi connectivity index (χ3v) is 2.24. The van der Waals surface area contributed by atoms with Crippen LogP contribution in [0.2, 0.25) is 0 Å². The number of anilines is 2. The molecule has 2 heterocycles. The van der Waals surface area contributed by atoms with Gasteiger partial charge in [-0.1, -0.05) is 0 Å². The van der Waals surface area contributed by atoms with E-state index in [1.54, 1.807) is 42.2 Å². The van der Waals surface area contributed by atoms with Gasteiger partial charge in [-0.2, -0.15) is 15.0 Å². The van der Waals surface area contributed by atoms with Crippen molar-refractivity contribution in [1.29, 1.82) is 0 Å². The summed E-state index contributed by atoms with van der Waals surface area (Å²) in [7, 11) is 1.78. The van der Waals surface area contributed by atoms with Gasteiger partial charge in [0.05, 0.1) is 6.10 Å². The summed E-state index contributed by atoms with van der Waals surface area (Å²) in [5.74, 6) is 0.931. The molecule has 0 spiro atoms. The van der Waals surface area contributed by atoms with Crippen molar-refractivity contribution in [2.75, 3.05) is 24.2 Å². The van der Waals surface area contributed by atoms with Gasteiger partial charge in [-0.15, -0.1) is 0 Å². The number of aromatic nitrogens is 5. The summed E-state index contributed by atoms with van der Waals surface area (Å²) in [6.07, 6.45) is 4.43. The molecule has 18 heavy (non-hydrogen) atoms. The van der Waals surface area contributed by atoms with Gasteiger partial charge in [-0.3, -0.25) is 4.57 Å². The predicted molar refractivity (Wildman–Crippen MR) is 66.3 cm³/mol. The first-order chi connectivity index (χ1) is 8.56. The van der Waals surface area contributed by atoms with E-state index < -0.39 is 6.10 Å². The van der Waals surface area contributed by atoms with Crippen molar-refractivity contribution in [1.82, 2.24) is 24.5 Å². The molecule has 0 saturated heterocycles. The molecule has 0 aromatic carbocycles. The number of rotatable bonds is 4. The Balaban J connectivity index is 2.32. The lowest BCUT2D eigenvalue weighted by molar-refractivity contribution is 0.201. The van der Waals surface area contributed by atoms with Crippen LogP contribution >= 0.6 is 0 Å². The second-order valence-electron chi connectivity index (χ2n) is 3.99.